The molecule has 0 atom stereocenters. The Morgan fingerprint density at radius 1 is 1.31 bits per heavy atom. The summed E-state index contributed by atoms with van der Waals surface area (Å²) in [7, 11) is 0. The molecule has 2 rings (SSSR count). The summed E-state index contributed by atoms with van der Waals surface area (Å²) in [6.07, 6.45) is 1.38. The number of carbonyl (C=O) groups excluding carboxylic acids is 1. The van der Waals surface area contributed by atoms with E-state index in [1.807, 2.05) is 0 Å². The summed E-state index contributed by atoms with van der Waals surface area (Å²) in [4.78, 5) is 15.5. The first-order valence-electron chi connectivity index (χ1n) is 4.50. The molecule has 0 saturated carbocycles. The number of hydrogen-bond acceptors (Lipinski definition) is 3. The maximum Gasteiger partial charge on any atom is 0.204 e. The fourth-order valence-corrected chi connectivity index (χ4v) is 1.82. The van der Waals surface area contributed by atoms with Crippen LogP contribution in [0.1, 0.15) is 16.2 Å². The Kier molecular flexibility index (Phi) is 3.22. The molecule has 0 fully saturated rings. The zero-order valence-electron chi connectivity index (χ0n) is 8.08. The number of aromatic amines is 1. The van der Waals surface area contributed by atoms with Crippen LogP contribution in [0.25, 0.3) is 0 Å². The molecular weight excluding hydrogens is 249 g/mol. The van der Waals surface area contributed by atoms with Crippen molar-refractivity contribution in [1.82, 2.24) is 15.2 Å². The van der Waals surface area contributed by atoms with Crippen LogP contribution in [0, 0.1) is 0 Å². The van der Waals surface area contributed by atoms with Gasteiger partial charge >= 0.3 is 0 Å². The fourth-order valence-electron chi connectivity index (χ4n) is 1.29. The SMILES string of the molecule is O=C(Cc1c(Cl)cccc1Cl)c1ncn[nH]1. The van der Waals surface area contributed by atoms with E-state index in [4.69, 9.17) is 23.2 Å². The number of halogens is 2. The number of ketones is 1. The lowest BCUT2D eigenvalue weighted by Gasteiger charge is -2.04. The van der Waals surface area contributed by atoms with Crippen LogP contribution in [0.3, 0.4) is 0 Å². The van der Waals surface area contributed by atoms with Crippen molar-refractivity contribution in [2.24, 2.45) is 0 Å². The minimum absolute atomic E-state index is 0.105. The molecule has 0 aliphatic heterocycles. The van der Waals surface area contributed by atoms with Crippen molar-refractivity contribution in [2.75, 3.05) is 0 Å². The van der Waals surface area contributed by atoms with Gasteiger partial charge in [0.15, 0.2) is 5.82 Å². The van der Waals surface area contributed by atoms with Crippen LogP contribution in [0.15, 0.2) is 24.5 Å². The molecule has 1 heterocycles. The number of carbonyl (C=O) groups is 1. The van der Waals surface area contributed by atoms with Crippen LogP contribution in [0.5, 0.6) is 0 Å². The van der Waals surface area contributed by atoms with Gasteiger partial charge in [0.25, 0.3) is 0 Å². The van der Waals surface area contributed by atoms with E-state index < -0.39 is 0 Å². The normalized spacial score (nSPS) is 10.4. The lowest BCUT2D eigenvalue weighted by molar-refractivity contribution is 0.0983. The molecule has 1 aromatic heterocycles. The highest BCUT2D eigenvalue weighted by Crippen LogP contribution is 2.25. The van der Waals surface area contributed by atoms with E-state index in [1.165, 1.54) is 6.33 Å². The Hall–Kier alpha value is -1.39. The van der Waals surface area contributed by atoms with Crippen LogP contribution < -0.4 is 0 Å². The first kappa shape index (κ1) is 11.1. The average molecular weight is 256 g/mol. The molecule has 0 amide bonds. The summed E-state index contributed by atoms with van der Waals surface area (Å²) in [5.41, 5.74) is 0.604. The molecule has 0 aliphatic carbocycles. The van der Waals surface area contributed by atoms with Gasteiger partial charge in [-0.1, -0.05) is 29.3 Å². The van der Waals surface area contributed by atoms with Crippen LogP contribution >= 0.6 is 23.2 Å². The summed E-state index contributed by atoms with van der Waals surface area (Å²) < 4.78 is 0. The Labute approximate surface area is 102 Å². The van der Waals surface area contributed by atoms with E-state index in [2.05, 4.69) is 15.2 Å². The van der Waals surface area contributed by atoms with Crippen molar-refractivity contribution in [1.29, 1.82) is 0 Å². The van der Waals surface area contributed by atoms with Crippen LogP contribution in [-0.4, -0.2) is 21.0 Å². The van der Waals surface area contributed by atoms with Crippen molar-refractivity contribution >= 4 is 29.0 Å². The predicted molar refractivity (Wildman–Crippen MR) is 60.9 cm³/mol. The highest BCUT2D eigenvalue weighted by atomic mass is 35.5. The van der Waals surface area contributed by atoms with E-state index in [0.717, 1.165) is 0 Å². The maximum atomic E-state index is 11.7. The summed E-state index contributed by atoms with van der Waals surface area (Å²) in [6.45, 7) is 0. The Bertz CT molecular complexity index is 491. The van der Waals surface area contributed by atoms with Gasteiger partial charge in [-0.05, 0) is 17.7 Å². The average Bonchev–Trinajstić information content (AvgIpc) is 2.76. The standard InChI is InChI=1S/C10H7Cl2N3O/c11-7-2-1-3-8(12)6(7)4-9(16)10-13-5-14-15-10/h1-3,5H,4H2,(H,13,14,15). The number of hydrogen-bond donors (Lipinski definition) is 1. The summed E-state index contributed by atoms with van der Waals surface area (Å²) in [6, 6.07) is 5.11. The minimum Gasteiger partial charge on any atom is -0.290 e. The Balaban J connectivity index is 2.25. The van der Waals surface area contributed by atoms with Gasteiger partial charge in [-0.2, -0.15) is 5.10 Å². The Morgan fingerprint density at radius 2 is 2.00 bits per heavy atom. The zero-order chi connectivity index (χ0) is 11.5. The van der Waals surface area contributed by atoms with Gasteiger partial charge in [0.2, 0.25) is 5.78 Å². The van der Waals surface area contributed by atoms with E-state index in [9.17, 15) is 4.79 Å². The second-order valence-electron chi connectivity index (χ2n) is 3.13. The highest BCUT2D eigenvalue weighted by Gasteiger charge is 2.14. The first-order chi connectivity index (χ1) is 7.68. The number of H-pyrrole nitrogens is 1. The molecule has 2 aromatic rings. The third-order valence-electron chi connectivity index (χ3n) is 2.08. The van der Waals surface area contributed by atoms with Gasteiger partial charge in [-0.3, -0.25) is 9.89 Å². The number of nitrogens with zero attached hydrogens (tertiary/aromatic N) is 2. The molecule has 0 radical (unpaired) electrons. The van der Waals surface area contributed by atoms with Gasteiger partial charge in [0.05, 0.1) is 0 Å². The molecule has 16 heavy (non-hydrogen) atoms. The molecule has 6 heteroatoms. The molecule has 0 bridgehead atoms. The molecule has 0 saturated heterocycles. The largest absolute Gasteiger partial charge is 0.290 e. The van der Waals surface area contributed by atoms with Gasteiger partial charge < -0.3 is 0 Å². The number of Topliss-reactive ketones (excluding diaryl/α,β-unsaturated/α-hetero) is 1. The van der Waals surface area contributed by atoms with Crippen molar-refractivity contribution in [2.45, 2.75) is 6.42 Å². The number of nitrogens with one attached hydrogen (secondary N) is 1. The topological polar surface area (TPSA) is 58.6 Å². The molecule has 4 nitrogen and oxygen atoms in total. The van der Waals surface area contributed by atoms with E-state index in [-0.39, 0.29) is 18.0 Å². The number of rotatable bonds is 3. The zero-order valence-corrected chi connectivity index (χ0v) is 9.59. The number of benzene rings is 1. The van der Waals surface area contributed by atoms with E-state index >= 15 is 0 Å². The van der Waals surface area contributed by atoms with Gasteiger partial charge in [-0.15, -0.1) is 0 Å². The lowest BCUT2D eigenvalue weighted by Crippen LogP contribution is -2.06. The second kappa shape index (κ2) is 4.63. The van der Waals surface area contributed by atoms with Gasteiger partial charge in [-0.25, -0.2) is 4.98 Å². The van der Waals surface area contributed by atoms with Gasteiger partial charge in [0, 0.05) is 16.5 Å². The smallest absolute Gasteiger partial charge is 0.204 e. The predicted octanol–water partition coefficient (Wildman–Crippen LogP) is 2.54. The molecular formula is C10H7Cl2N3O. The van der Waals surface area contributed by atoms with Crippen LogP contribution in [0.2, 0.25) is 10.0 Å². The summed E-state index contributed by atoms with van der Waals surface area (Å²) in [5.74, 6) is 0.00323. The second-order valence-corrected chi connectivity index (χ2v) is 3.95. The van der Waals surface area contributed by atoms with Crippen LogP contribution in [-0.2, 0) is 6.42 Å². The monoisotopic (exact) mass is 255 g/mol. The highest BCUT2D eigenvalue weighted by molar-refractivity contribution is 6.36. The molecule has 82 valence electrons. The quantitative estimate of drug-likeness (QED) is 0.858. The van der Waals surface area contributed by atoms with Crippen molar-refractivity contribution in [3.8, 4) is 0 Å². The summed E-state index contributed by atoms with van der Waals surface area (Å²) in [5, 5.41) is 7.05. The van der Waals surface area contributed by atoms with Crippen molar-refractivity contribution in [3.05, 3.63) is 46.0 Å². The third kappa shape index (κ3) is 2.23. The van der Waals surface area contributed by atoms with Crippen molar-refractivity contribution in [3.63, 3.8) is 0 Å². The third-order valence-corrected chi connectivity index (χ3v) is 2.79. The molecule has 0 spiro atoms. The molecule has 1 aromatic carbocycles. The van der Waals surface area contributed by atoms with Gasteiger partial charge in [0.1, 0.15) is 6.33 Å². The number of aromatic nitrogens is 3. The van der Waals surface area contributed by atoms with E-state index in [0.29, 0.717) is 15.6 Å². The lowest BCUT2D eigenvalue weighted by atomic mass is 10.1. The molecule has 0 aliphatic rings. The first-order valence-corrected chi connectivity index (χ1v) is 5.25. The fraction of sp³-hybridized carbons (Fsp3) is 0.100. The molecule has 0 unspecified atom stereocenters. The van der Waals surface area contributed by atoms with Crippen LogP contribution in [0.4, 0.5) is 0 Å². The van der Waals surface area contributed by atoms with E-state index in [1.54, 1.807) is 18.2 Å². The maximum absolute atomic E-state index is 11.7. The minimum atomic E-state index is -0.201. The van der Waals surface area contributed by atoms with Crippen molar-refractivity contribution < 1.29 is 4.79 Å². The summed E-state index contributed by atoms with van der Waals surface area (Å²) >= 11 is 11.9. The Morgan fingerprint density at radius 3 is 2.56 bits per heavy atom. The molecule has 1 N–H and O–H groups in total.